The molecule has 0 aliphatic rings. The molecule has 0 spiro atoms. The fourth-order valence-electron chi connectivity index (χ4n) is 2.97. The van der Waals surface area contributed by atoms with E-state index in [4.69, 9.17) is 8.83 Å². The Hall–Kier alpha value is -4.10. The summed E-state index contributed by atoms with van der Waals surface area (Å²) in [5, 5.41) is 7.15. The summed E-state index contributed by atoms with van der Waals surface area (Å²) in [5.41, 5.74) is -2.95. The maximum absolute atomic E-state index is 13.7. The number of hydrogen-bond acceptors (Lipinski definition) is 6. The summed E-state index contributed by atoms with van der Waals surface area (Å²) in [6, 6.07) is 7.02. The van der Waals surface area contributed by atoms with Gasteiger partial charge in [0.15, 0.2) is 22.9 Å². The number of furan rings is 2. The van der Waals surface area contributed by atoms with Gasteiger partial charge in [-0.25, -0.2) is 4.98 Å². The van der Waals surface area contributed by atoms with Gasteiger partial charge in [-0.15, -0.1) is 5.10 Å². The topological polar surface area (TPSA) is 87.2 Å². The van der Waals surface area contributed by atoms with Gasteiger partial charge in [0.2, 0.25) is 0 Å². The molecular weight excluding hydrogens is 446 g/mol. The molecule has 0 atom stereocenters. The van der Waals surface area contributed by atoms with E-state index in [0.29, 0.717) is 21.3 Å². The third-order valence-corrected chi connectivity index (χ3v) is 4.33. The molecule has 164 valence electrons. The van der Waals surface area contributed by atoms with Crippen molar-refractivity contribution in [2.45, 2.75) is 12.4 Å². The van der Waals surface area contributed by atoms with Gasteiger partial charge in [0, 0.05) is 6.07 Å². The Kier molecular flexibility index (Phi) is 4.15. The van der Waals surface area contributed by atoms with Crippen LogP contribution in [0.5, 0.6) is 0 Å². The summed E-state index contributed by atoms with van der Waals surface area (Å²) in [7, 11) is 0. The third-order valence-electron chi connectivity index (χ3n) is 4.33. The number of aromatic nitrogens is 6. The molecule has 0 saturated carbocycles. The SMILES string of the molecule is FC(F)(F)c1cc(-c2ccco2)n(-c2nc3nc(-c4ccco4)cc(C(F)(F)F)n3n2)n1. The molecule has 0 aliphatic carbocycles. The molecule has 0 radical (unpaired) electrons. The lowest BCUT2D eigenvalue weighted by atomic mass is 10.2. The summed E-state index contributed by atoms with van der Waals surface area (Å²) >= 11 is 0. The minimum absolute atomic E-state index is 0.0212. The summed E-state index contributed by atoms with van der Waals surface area (Å²) in [4.78, 5) is 7.88. The highest BCUT2D eigenvalue weighted by molar-refractivity contribution is 5.58. The fourth-order valence-corrected chi connectivity index (χ4v) is 2.97. The van der Waals surface area contributed by atoms with Crippen LogP contribution >= 0.6 is 0 Å². The predicted molar refractivity (Wildman–Crippen MR) is 93.3 cm³/mol. The lowest BCUT2D eigenvalue weighted by molar-refractivity contribution is -0.142. The van der Waals surface area contributed by atoms with Gasteiger partial charge in [-0.3, -0.25) is 0 Å². The second-order valence-electron chi connectivity index (χ2n) is 6.43. The molecule has 0 unspecified atom stereocenters. The quantitative estimate of drug-likeness (QED) is 0.362. The Bertz CT molecular complexity index is 1400. The minimum atomic E-state index is -4.88. The predicted octanol–water partition coefficient (Wildman–Crippen LogP) is 4.87. The van der Waals surface area contributed by atoms with Crippen molar-refractivity contribution in [1.29, 1.82) is 0 Å². The van der Waals surface area contributed by atoms with Crippen LogP contribution in [0.2, 0.25) is 0 Å². The van der Waals surface area contributed by atoms with Gasteiger partial charge in [-0.2, -0.15) is 45.6 Å². The normalized spacial score (nSPS) is 12.7. The molecule has 5 aromatic heterocycles. The molecule has 5 rings (SSSR count). The van der Waals surface area contributed by atoms with Crippen molar-refractivity contribution >= 4 is 5.78 Å². The average molecular weight is 454 g/mol. The van der Waals surface area contributed by atoms with Crippen molar-refractivity contribution in [2.75, 3.05) is 0 Å². The second-order valence-corrected chi connectivity index (χ2v) is 6.43. The van der Waals surface area contributed by atoms with Crippen LogP contribution in [-0.4, -0.2) is 29.4 Å². The van der Waals surface area contributed by atoms with Crippen molar-refractivity contribution in [3.63, 3.8) is 0 Å². The molecule has 0 aromatic carbocycles. The molecule has 5 aromatic rings. The first kappa shape index (κ1) is 19.8. The lowest BCUT2D eigenvalue weighted by Crippen LogP contribution is -2.14. The van der Waals surface area contributed by atoms with E-state index in [1.54, 1.807) is 0 Å². The van der Waals surface area contributed by atoms with Crippen LogP contribution in [-0.2, 0) is 12.4 Å². The van der Waals surface area contributed by atoms with Crippen LogP contribution in [0.1, 0.15) is 11.4 Å². The Morgan fingerprint density at radius 1 is 0.781 bits per heavy atom. The van der Waals surface area contributed by atoms with Crippen LogP contribution in [0, 0.1) is 0 Å². The first-order chi connectivity index (χ1) is 15.1. The first-order valence-electron chi connectivity index (χ1n) is 8.71. The average Bonchev–Trinajstić information content (AvgIpc) is 3.51. The summed E-state index contributed by atoms with van der Waals surface area (Å²) in [5.74, 6) is -1.07. The van der Waals surface area contributed by atoms with Crippen molar-refractivity contribution in [3.8, 4) is 28.9 Å². The van der Waals surface area contributed by atoms with E-state index < -0.39 is 35.5 Å². The Labute approximate surface area is 172 Å². The van der Waals surface area contributed by atoms with Crippen LogP contribution in [0.3, 0.4) is 0 Å². The number of halogens is 6. The molecule has 0 saturated heterocycles. The van der Waals surface area contributed by atoms with Crippen molar-refractivity contribution in [1.82, 2.24) is 29.4 Å². The molecule has 0 bridgehead atoms. The van der Waals surface area contributed by atoms with Gasteiger partial charge in [-0.05, 0) is 30.3 Å². The molecule has 32 heavy (non-hydrogen) atoms. The standard InChI is InChI=1S/C18H8F6N6O2/c19-17(20,21)13-8-10(12-4-2-6-32-12)29(27-13)16-26-15-25-9(11-3-1-5-31-11)7-14(18(22,23)24)30(15)28-16/h1-8H. The number of nitrogens with zero attached hydrogens (tertiary/aromatic N) is 6. The van der Waals surface area contributed by atoms with E-state index in [0.717, 1.165) is 0 Å². The smallest absolute Gasteiger partial charge is 0.435 e. The number of hydrogen-bond donors (Lipinski definition) is 0. The fraction of sp³-hybridized carbons (Fsp3) is 0.111. The molecule has 0 fully saturated rings. The van der Waals surface area contributed by atoms with Gasteiger partial charge < -0.3 is 8.83 Å². The monoisotopic (exact) mass is 454 g/mol. The Balaban J connectivity index is 1.75. The molecule has 5 heterocycles. The van der Waals surface area contributed by atoms with Gasteiger partial charge in [-0.1, -0.05) is 0 Å². The third kappa shape index (κ3) is 3.29. The molecular formula is C18H8F6N6O2. The number of alkyl halides is 6. The Morgan fingerprint density at radius 3 is 2.06 bits per heavy atom. The van der Waals surface area contributed by atoms with Crippen LogP contribution in [0.15, 0.2) is 57.8 Å². The van der Waals surface area contributed by atoms with E-state index >= 15 is 0 Å². The minimum Gasteiger partial charge on any atom is -0.463 e. The van der Waals surface area contributed by atoms with E-state index in [9.17, 15) is 26.3 Å². The highest BCUT2D eigenvalue weighted by Gasteiger charge is 2.38. The molecule has 0 amide bonds. The summed E-state index contributed by atoms with van der Waals surface area (Å²) < 4.78 is 92.0. The van der Waals surface area contributed by atoms with E-state index in [2.05, 4.69) is 20.2 Å². The van der Waals surface area contributed by atoms with E-state index in [-0.39, 0.29) is 22.9 Å². The van der Waals surface area contributed by atoms with Crippen molar-refractivity contribution in [3.05, 3.63) is 60.3 Å². The molecule has 0 N–H and O–H groups in total. The maximum atomic E-state index is 13.7. The van der Waals surface area contributed by atoms with E-state index in [1.165, 1.54) is 36.8 Å². The largest absolute Gasteiger partial charge is 0.463 e. The van der Waals surface area contributed by atoms with Gasteiger partial charge in [0.1, 0.15) is 11.4 Å². The van der Waals surface area contributed by atoms with Crippen molar-refractivity contribution < 1.29 is 35.2 Å². The van der Waals surface area contributed by atoms with Gasteiger partial charge in [0.25, 0.3) is 11.7 Å². The van der Waals surface area contributed by atoms with Crippen LogP contribution in [0.4, 0.5) is 26.3 Å². The van der Waals surface area contributed by atoms with Gasteiger partial charge in [0.05, 0.1) is 12.5 Å². The van der Waals surface area contributed by atoms with E-state index in [1.807, 2.05) is 0 Å². The van der Waals surface area contributed by atoms with Gasteiger partial charge >= 0.3 is 12.4 Å². The zero-order valence-electron chi connectivity index (χ0n) is 15.4. The van der Waals surface area contributed by atoms with Crippen LogP contribution in [0.25, 0.3) is 34.6 Å². The zero-order valence-corrected chi connectivity index (χ0v) is 15.4. The number of rotatable bonds is 3. The summed E-state index contributed by atoms with van der Waals surface area (Å²) in [6.45, 7) is 0. The zero-order chi connectivity index (χ0) is 22.7. The molecule has 14 heteroatoms. The maximum Gasteiger partial charge on any atom is 0.435 e. The lowest BCUT2D eigenvalue weighted by Gasteiger charge is -2.08. The Morgan fingerprint density at radius 2 is 1.47 bits per heavy atom. The number of fused-ring (bicyclic) bond motifs is 1. The van der Waals surface area contributed by atoms with Crippen molar-refractivity contribution in [2.24, 2.45) is 0 Å². The first-order valence-corrected chi connectivity index (χ1v) is 8.71. The highest BCUT2D eigenvalue weighted by atomic mass is 19.4. The summed E-state index contributed by atoms with van der Waals surface area (Å²) in [6.07, 6.45) is -7.23. The molecule has 0 aliphatic heterocycles. The molecule has 8 nitrogen and oxygen atoms in total. The van der Waals surface area contributed by atoms with Crippen LogP contribution < -0.4 is 0 Å². The highest BCUT2D eigenvalue weighted by Crippen LogP contribution is 2.34. The second kappa shape index (κ2) is 6.70.